The molecule has 0 bridgehead atoms. The van der Waals surface area contributed by atoms with Crippen LogP contribution in [-0.4, -0.2) is 7.05 Å². The second-order valence-corrected chi connectivity index (χ2v) is 4.85. The lowest BCUT2D eigenvalue weighted by Crippen LogP contribution is -2.17. The van der Waals surface area contributed by atoms with E-state index in [1.807, 2.05) is 25.2 Å². The lowest BCUT2D eigenvalue weighted by molar-refractivity contribution is 0.556. The molecular weight excluding hydrogens is 320 g/mol. The van der Waals surface area contributed by atoms with E-state index in [9.17, 15) is 0 Å². The van der Waals surface area contributed by atoms with Crippen molar-refractivity contribution in [3.05, 3.63) is 32.4 Å². The molecule has 0 aliphatic carbocycles. The molecule has 1 atom stereocenters. The van der Waals surface area contributed by atoms with Crippen LogP contribution in [0.4, 0.5) is 0 Å². The van der Waals surface area contributed by atoms with Crippen molar-refractivity contribution in [2.24, 2.45) is 0 Å². The Morgan fingerprint density at radius 3 is 2.93 bits per heavy atom. The van der Waals surface area contributed by atoms with Crippen LogP contribution in [0.25, 0.3) is 0 Å². The Kier molecular flexibility index (Phi) is 5.44. The number of rotatable bonds is 4. The molecule has 0 radical (unpaired) electrons. The summed E-state index contributed by atoms with van der Waals surface area (Å²) in [5.41, 5.74) is 1.22. The number of nitrogens with one attached hydrogen (secondary N) is 1. The summed E-state index contributed by atoms with van der Waals surface area (Å²) in [6.45, 7) is 0. The predicted molar refractivity (Wildman–Crippen MR) is 74.0 cm³/mol. The molecule has 1 rings (SSSR count). The van der Waals surface area contributed by atoms with Crippen molar-refractivity contribution in [3.63, 3.8) is 0 Å². The number of terminal acetylenes is 1. The highest BCUT2D eigenvalue weighted by molar-refractivity contribution is 14.1. The molecule has 0 aliphatic heterocycles. The van der Waals surface area contributed by atoms with Crippen LogP contribution in [0, 0.1) is 15.9 Å². The maximum atomic E-state index is 5.98. The fraction of sp³-hybridized carbons (Fsp3) is 0.333. The van der Waals surface area contributed by atoms with Gasteiger partial charge in [0.25, 0.3) is 0 Å². The van der Waals surface area contributed by atoms with Crippen LogP contribution in [0.5, 0.6) is 0 Å². The maximum Gasteiger partial charge on any atom is 0.0410 e. The topological polar surface area (TPSA) is 12.0 Å². The normalized spacial score (nSPS) is 12.1. The zero-order chi connectivity index (χ0) is 11.3. The highest BCUT2D eigenvalue weighted by Crippen LogP contribution is 2.26. The van der Waals surface area contributed by atoms with Crippen LogP contribution in [0.3, 0.4) is 0 Å². The zero-order valence-corrected chi connectivity index (χ0v) is 11.5. The molecule has 0 saturated carbocycles. The number of benzene rings is 1. The highest BCUT2D eigenvalue weighted by Gasteiger charge is 2.12. The average Bonchev–Trinajstić information content (AvgIpc) is 2.24. The molecule has 1 N–H and O–H groups in total. The van der Waals surface area contributed by atoms with Gasteiger partial charge in [0.05, 0.1) is 0 Å². The van der Waals surface area contributed by atoms with E-state index >= 15 is 0 Å². The third kappa shape index (κ3) is 3.67. The molecule has 0 aliphatic rings. The van der Waals surface area contributed by atoms with Gasteiger partial charge in [0.1, 0.15) is 0 Å². The summed E-state index contributed by atoms with van der Waals surface area (Å²) in [6, 6.07) is 6.21. The van der Waals surface area contributed by atoms with Gasteiger partial charge in [0, 0.05) is 21.1 Å². The average molecular weight is 334 g/mol. The van der Waals surface area contributed by atoms with E-state index in [4.69, 9.17) is 18.0 Å². The Labute approximate surface area is 110 Å². The monoisotopic (exact) mass is 333 g/mol. The van der Waals surface area contributed by atoms with Crippen LogP contribution < -0.4 is 5.32 Å². The van der Waals surface area contributed by atoms with Gasteiger partial charge in [-0.15, -0.1) is 12.3 Å². The van der Waals surface area contributed by atoms with E-state index in [-0.39, 0.29) is 6.04 Å². The number of halogens is 2. The first-order chi connectivity index (χ1) is 7.19. The van der Waals surface area contributed by atoms with E-state index < -0.39 is 0 Å². The minimum Gasteiger partial charge on any atom is -0.313 e. The van der Waals surface area contributed by atoms with Gasteiger partial charge in [-0.25, -0.2) is 0 Å². The summed E-state index contributed by atoms with van der Waals surface area (Å²) in [5, 5.41) is 4.03. The van der Waals surface area contributed by atoms with Crippen molar-refractivity contribution in [1.29, 1.82) is 0 Å². The minimum absolute atomic E-state index is 0.284. The summed E-state index contributed by atoms with van der Waals surface area (Å²) in [4.78, 5) is 0. The molecule has 0 heterocycles. The number of hydrogen-bond donors (Lipinski definition) is 1. The van der Waals surface area contributed by atoms with Gasteiger partial charge in [0.2, 0.25) is 0 Å². The van der Waals surface area contributed by atoms with Crippen molar-refractivity contribution in [2.75, 3.05) is 7.05 Å². The van der Waals surface area contributed by atoms with Gasteiger partial charge < -0.3 is 5.32 Å². The Morgan fingerprint density at radius 2 is 2.33 bits per heavy atom. The summed E-state index contributed by atoms with van der Waals surface area (Å²) in [6.07, 6.45) is 6.98. The SMILES string of the molecule is C#CCCC(NC)c1cc(Cl)ccc1I. The molecule has 15 heavy (non-hydrogen) atoms. The Bertz CT molecular complexity index is 370. The van der Waals surface area contributed by atoms with Crippen molar-refractivity contribution in [2.45, 2.75) is 18.9 Å². The van der Waals surface area contributed by atoms with E-state index in [0.29, 0.717) is 0 Å². The Balaban J connectivity index is 2.91. The van der Waals surface area contributed by atoms with Crippen LogP contribution >= 0.6 is 34.2 Å². The van der Waals surface area contributed by atoms with Crippen LogP contribution in [0.2, 0.25) is 5.02 Å². The largest absolute Gasteiger partial charge is 0.313 e. The van der Waals surface area contributed by atoms with Crippen molar-refractivity contribution in [1.82, 2.24) is 5.32 Å². The third-order valence-corrected chi connectivity index (χ3v) is 3.48. The van der Waals surface area contributed by atoms with Crippen LogP contribution in [0.1, 0.15) is 24.4 Å². The van der Waals surface area contributed by atoms with Gasteiger partial charge in [-0.2, -0.15) is 0 Å². The number of hydrogen-bond acceptors (Lipinski definition) is 1. The molecular formula is C12H13ClIN. The fourth-order valence-electron chi connectivity index (χ4n) is 1.46. The van der Waals surface area contributed by atoms with Crippen molar-refractivity contribution < 1.29 is 0 Å². The first-order valence-corrected chi connectivity index (χ1v) is 6.20. The molecule has 80 valence electrons. The third-order valence-electron chi connectivity index (χ3n) is 2.26. The molecule has 0 saturated heterocycles. The van der Waals surface area contributed by atoms with Crippen molar-refractivity contribution >= 4 is 34.2 Å². The Hall–Kier alpha value is -0.240. The first kappa shape index (κ1) is 12.8. The molecule has 3 heteroatoms. The second kappa shape index (κ2) is 6.37. The van der Waals surface area contributed by atoms with E-state index in [1.165, 1.54) is 9.13 Å². The fourth-order valence-corrected chi connectivity index (χ4v) is 2.36. The summed E-state index contributed by atoms with van der Waals surface area (Å²) in [5.74, 6) is 2.66. The molecule has 0 fully saturated rings. The van der Waals surface area contributed by atoms with Crippen LogP contribution in [0.15, 0.2) is 18.2 Å². The molecule has 1 aromatic carbocycles. The van der Waals surface area contributed by atoms with E-state index in [1.54, 1.807) is 0 Å². The van der Waals surface area contributed by atoms with Gasteiger partial charge in [-0.1, -0.05) is 11.6 Å². The quantitative estimate of drug-likeness (QED) is 0.655. The predicted octanol–water partition coefficient (Wildman–Crippen LogP) is 3.62. The molecule has 0 aromatic heterocycles. The lowest BCUT2D eigenvalue weighted by Gasteiger charge is -2.17. The molecule has 1 unspecified atom stereocenters. The van der Waals surface area contributed by atoms with Gasteiger partial charge >= 0.3 is 0 Å². The summed E-state index contributed by atoms with van der Waals surface area (Å²) >= 11 is 8.30. The van der Waals surface area contributed by atoms with Gasteiger partial charge in [0.15, 0.2) is 0 Å². The summed E-state index contributed by atoms with van der Waals surface area (Å²) < 4.78 is 1.22. The van der Waals surface area contributed by atoms with Crippen molar-refractivity contribution in [3.8, 4) is 12.3 Å². The highest BCUT2D eigenvalue weighted by atomic mass is 127. The lowest BCUT2D eigenvalue weighted by atomic mass is 10.0. The zero-order valence-electron chi connectivity index (χ0n) is 8.56. The smallest absolute Gasteiger partial charge is 0.0410 e. The Morgan fingerprint density at radius 1 is 1.60 bits per heavy atom. The maximum absolute atomic E-state index is 5.98. The van der Waals surface area contributed by atoms with Gasteiger partial charge in [-0.05, 0) is 59.8 Å². The molecule has 1 aromatic rings. The van der Waals surface area contributed by atoms with Gasteiger partial charge in [-0.3, -0.25) is 0 Å². The molecule has 1 nitrogen and oxygen atoms in total. The molecule has 0 spiro atoms. The minimum atomic E-state index is 0.284. The first-order valence-electron chi connectivity index (χ1n) is 4.74. The van der Waals surface area contributed by atoms with Crippen LogP contribution in [-0.2, 0) is 0 Å². The standard InChI is InChI=1S/C12H13ClIN/c1-3-4-5-12(15-2)10-8-9(13)6-7-11(10)14/h1,6-8,12,15H,4-5H2,2H3. The second-order valence-electron chi connectivity index (χ2n) is 3.25. The molecule has 0 amide bonds. The van der Waals surface area contributed by atoms with E-state index in [2.05, 4.69) is 33.8 Å². The summed E-state index contributed by atoms with van der Waals surface area (Å²) in [7, 11) is 1.94. The van der Waals surface area contributed by atoms with E-state index in [0.717, 1.165) is 17.9 Å².